The molecule has 1 aromatic rings. The van der Waals surface area contributed by atoms with Crippen LogP contribution in [0.2, 0.25) is 0 Å². The highest BCUT2D eigenvalue weighted by Gasteiger charge is 1.98. The van der Waals surface area contributed by atoms with Gasteiger partial charge >= 0.3 is 0 Å². The second-order valence-corrected chi connectivity index (χ2v) is 2.23. The standard InChI is InChI=1S/C9H12O2/c1-8(10-2)11-9-6-4-3-5-7-9/h3-8H,1-2H3. The molecule has 0 aromatic heterocycles. The minimum Gasteiger partial charge on any atom is -0.465 e. The maximum atomic E-state index is 5.34. The summed E-state index contributed by atoms with van der Waals surface area (Å²) in [4.78, 5) is 0. The minimum absolute atomic E-state index is 0.183. The Morgan fingerprint density at radius 3 is 2.36 bits per heavy atom. The molecule has 0 amide bonds. The van der Waals surface area contributed by atoms with Crippen molar-refractivity contribution in [2.45, 2.75) is 13.2 Å². The summed E-state index contributed by atoms with van der Waals surface area (Å²) in [6.45, 7) is 1.85. The number of ether oxygens (including phenoxy) is 2. The monoisotopic (exact) mass is 152 g/mol. The fraction of sp³-hybridized carbons (Fsp3) is 0.333. The molecule has 0 bridgehead atoms. The Hall–Kier alpha value is -1.02. The van der Waals surface area contributed by atoms with Gasteiger partial charge in [-0.25, -0.2) is 0 Å². The van der Waals surface area contributed by atoms with Gasteiger partial charge < -0.3 is 9.47 Å². The Morgan fingerprint density at radius 1 is 1.18 bits per heavy atom. The third-order valence-electron chi connectivity index (χ3n) is 1.38. The lowest BCUT2D eigenvalue weighted by atomic mass is 10.3. The molecule has 0 aliphatic carbocycles. The van der Waals surface area contributed by atoms with Gasteiger partial charge in [-0.05, 0) is 19.1 Å². The summed E-state index contributed by atoms with van der Waals surface area (Å²) in [6, 6.07) is 9.60. The highest BCUT2D eigenvalue weighted by Crippen LogP contribution is 2.10. The van der Waals surface area contributed by atoms with E-state index in [1.165, 1.54) is 0 Å². The predicted molar refractivity (Wildman–Crippen MR) is 43.5 cm³/mol. The molecule has 1 unspecified atom stereocenters. The van der Waals surface area contributed by atoms with E-state index in [0.717, 1.165) is 5.75 Å². The molecule has 0 fully saturated rings. The molecule has 0 heterocycles. The average Bonchev–Trinajstić information content (AvgIpc) is 2.06. The fourth-order valence-electron chi connectivity index (χ4n) is 0.739. The van der Waals surface area contributed by atoms with Crippen LogP contribution >= 0.6 is 0 Å². The van der Waals surface area contributed by atoms with E-state index in [2.05, 4.69) is 0 Å². The molecule has 11 heavy (non-hydrogen) atoms. The third kappa shape index (κ3) is 2.60. The summed E-state index contributed by atoms with van der Waals surface area (Å²) in [5, 5.41) is 0. The highest BCUT2D eigenvalue weighted by atomic mass is 16.7. The molecule has 2 nitrogen and oxygen atoms in total. The zero-order chi connectivity index (χ0) is 8.10. The first-order valence-corrected chi connectivity index (χ1v) is 3.57. The summed E-state index contributed by atoms with van der Waals surface area (Å²) in [5.41, 5.74) is 0. The highest BCUT2D eigenvalue weighted by molar-refractivity contribution is 5.20. The molecule has 1 aromatic carbocycles. The summed E-state index contributed by atoms with van der Waals surface area (Å²) >= 11 is 0. The van der Waals surface area contributed by atoms with Gasteiger partial charge in [0.15, 0.2) is 6.29 Å². The SMILES string of the molecule is COC(C)Oc1ccccc1. The van der Waals surface area contributed by atoms with Crippen LogP contribution in [0.25, 0.3) is 0 Å². The van der Waals surface area contributed by atoms with Crippen molar-refractivity contribution < 1.29 is 9.47 Å². The van der Waals surface area contributed by atoms with Gasteiger partial charge in [-0.3, -0.25) is 0 Å². The largest absolute Gasteiger partial charge is 0.465 e. The van der Waals surface area contributed by atoms with Crippen LogP contribution in [0.3, 0.4) is 0 Å². The van der Waals surface area contributed by atoms with E-state index < -0.39 is 0 Å². The summed E-state index contributed by atoms with van der Waals surface area (Å²) in [6.07, 6.45) is -0.183. The van der Waals surface area contributed by atoms with E-state index in [9.17, 15) is 0 Å². The molecule has 0 saturated carbocycles. The Kier molecular flexibility index (Phi) is 2.93. The molecule has 0 saturated heterocycles. The molecule has 0 aliphatic heterocycles. The van der Waals surface area contributed by atoms with Gasteiger partial charge in [0, 0.05) is 7.11 Å². The summed E-state index contributed by atoms with van der Waals surface area (Å²) in [5.74, 6) is 0.835. The molecule has 2 heteroatoms. The first-order valence-electron chi connectivity index (χ1n) is 3.57. The van der Waals surface area contributed by atoms with Crippen LogP contribution in [-0.2, 0) is 4.74 Å². The average molecular weight is 152 g/mol. The van der Waals surface area contributed by atoms with E-state index in [1.807, 2.05) is 37.3 Å². The molecule has 1 rings (SSSR count). The third-order valence-corrected chi connectivity index (χ3v) is 1.38. The second-order valence-electron chi connectivity index (χ2n) is 2.23. The van der Waals surface area contributed by atoms with E-state index in [-0.39, 0.29) is 6.29 Å². The lowest BCUT2D eigenvalue weighted by molar-refractivity contribution is -0.0382. The number of rotatable bonds is 3. The first-order chi connectivity index (χ1) is 5.33. The lowest BCUT2D eigenvalue weighted by Gasteiger charge is -2.11. The van der Waals surface area contributed by atoms with E-state index in [0.29, 0.717) is 0 Å². The van der Waals surface area contributed by atoms with Gasteiger partial charge in [-0.1, -0.05) is 18.2 Å². The molecule has 1 atom stereocenters. The van der Waals surface area contributed by atoms with Gasteiger partial charge in [-0.2, -0.15) is 0 Å². The Bertz CT molecular complexity index is 196. The molecule has 0 aliphatic rings. The Balaban J connectivity index is 2.51. The van der Waals surface area contributed by atoms with Crippen LogP contribution in [0.5, 0.6) is 5.75 Å². The quantitative estimate of drug-likeness (QED) is 0.617. The van der Waals surface area contributed by atoms with Crippen molar-refractivity contribution in [1.29, 1.82) is 0 Å². The van der Waals surface area contributed by atoms with Crippen LogP contribution in [-0.4, -0.2) is 13.4 Å². The van der Waals surface area contributed by atoms with Crippen molar-refractivity contribution in [3.8, 4) is 5.75 Å². The fourth-order valence-corrected chi connectivity index (χ4v) is 0.739. The van der Waals surface area contributed by atoms with Crippen molar-refractivity contribution in [2.24, 2.45) is 0 Å². The van der Waals surface area contributed by atoms with Crippen LogP contribution in [0.4, 0.5) is 0 Å². The van der Waals surface area contributed by atoms with Crippen molar-refractivity contribution in [1.82, 2.24) is 0 Å². The van der Waals surface area contributed by atoms with Crippen molar-refractivity contribution in [2.75, 3.05) is 7.11 Å². The van der Waals surface area contributed by atoms with Crippen LogP contribution in [0.15, 0.2) is 30.3 Å². The summed E-state index contributed by atoms with van der Waals surface area (Å²) < 4.78 is 10.3. The molecule has 0 radical (unpaired) electrons. The van der Waals surface area contributed by atoms with Crippen molar-refractivity contribution in [3.63, 3.8) is 0 Å². The number of hydrogen-bond acceptors (Lipinski definition) is 2. The first kappa shape index (κ1) is 8.08. The Morgan fingerprint density at radius 2 is 1.82 bits per heavy atom. The van der Waals surface area contributed by atoms with Crippen LogP contribution in [0, 0.1) is 0 Å². The Labute approximate surface area is 66.8 Å². The predicted octanol–water partition coefficient (Wildman–Crippen LogP) is 2.06. The van der Waals surface area contributed by atoms with E-state index in [1.54, 1.807) is 7.11 Å². The lowest BCUT2D eigenvalue weighted by Crippen LogP contribution is -2.13. The molecular weight excluding hydrogens is 140 g/mol. The normalized spacial score (nSPS) is 12.5. The van der Waals surface area contributed by atoms with Gasteiger partial charge in [-0.15, -0.1) is 0 Å². The second kappa shape index (κ2) is 3.98. The maximum absolute atomic E-state index is 5.34. The van der Waals surface area contributed by atoms with E-state index in [4.69, 9.17) is 9.47 Å². The van der Waals surface area contributed by atoms with Crippen molar-refractivity contribution in [3.05, 3.63) is 30.3 Å². The molecule has 0 spiro atoms. The number of hydrogen-bond donors (Lipinski definition) is 0. The van der Waals surface area contributed by atoms with Gasteiger partial charge in [0.1, 0.15) is 5.75 Å². The van der Waals surface area contributed by atoms with Crippen LogP contribution in [0.1, 0.15) is 6.92 Å². The molecular formula is C9H12O2. The zero-order valence-electron chi connectivity index (χ0n) is 6.78. The minimum atomic E-state index is -0.183. The molecule has 60 valence electrons. The maximum Gasteiger partial charge on any atom is 0.196 e. The van der Waals surface area contributed by atoms with Crippen molar-refractivity contribution >= 4 is 0 Å². The van der Waals surface area contributed by atoms with Gasteiger partial charge in [0.2, 0.25) is 0 Å². The topological polar surface area (TPSA) is 18.5 Å². The smallest absolute Gasteiger partial charge is 0.196 e. The van der Waals surface area contributed by atoms with Gasteiger partial charge in [0.25, 0.3) is 0 Å². The van der Waals surface area contributed by atoms with Gasteiger partial charge in [0.05, 0.1) is 0 Å². The van der Waals surface area contributed by atoms with Crippen LogP contribution < -0.4 is 4.74 Å². The molecule has 0 N–H and O–H groups in total. The number of para-hydroxylation sites is 1. The van der Waals surface area contributed by atoms with E-state index >= 15 is 0 Å². The number of methoxy groups -OCH3 is 1. The number of benzene rings is 1. The summed E-state index contributed by atoms with van der Waals surface area (Å²) in [7, 11) is 1.62. The zero-order valence-corrected chi connectivity index (χ0v) is 6.78.